The van der Waals surface area contributed by atoms with Crippen LogP contribution in [0.25, 0.3) is 0 Å². The van der Waals surface area contributed by atoms with Gasteiger partial charge in [0.15, 0.2) is 17.2 Å². The lowest BCUT2D eigenvalue weighted by molar-refractivity contribution is -0.280. The molecule has 0 spiro atoms. The van der Waals surface area contributed by atoms with Gasteiger partial charge in [-0.05, 0) is 83.8 Å². The number of aliphatic hydroxyl groups excluding tert-OH is 1. The first-order valence-corrected chi connectivity index (χ1v) is 16.4. The Morgan fingerprint density at radius 2 is 1.91 bits per heavy atom. The van der Waals surface area contributed by atoms with Gasteiger partial charge in [0.25, 0.3) is 0 Å². The summed E-state index contributed by atoms with van der Waals surface area (Å²) < 4.78 is 18.6. The fraction of sp³-hybridized carbons (Fsp3) is 0.758. The second-order valence-electron chi connectivity index (χ2n) is 12.7. The predicted molar refractivity (Wildman–Crippen MR) is 175 cm³/mol. The molecule has 2 aliphatic heterocycles. The van der Waals surface area contributed by atoms with Crippen LogP contribution in [0.2, 0.25) is 0 Å². The van der Waals surface area contributed by atoms with Gasteiger partial charge in [-0.15, -0.1) is 0 Å². The van der Waals surface area contributed by atoms with Crippen LogP contribution in [0, 0.1) is 23.7 Å². The van der Waals surface area contributed by atoms with Crippen LogP contribution in [0.4, 0.5) is 0 Å². The number of esters is 1. The van der Waals surface area contributed by atoms with Gasteiger partial charge in [-0.3, -0.25) is 9.59 Å². The average Bonchev–Trinajstić information content (AvgIpc) is 2.98. The minimum absolute atomic E-state index is 0.0492. The van der Waals surface area contributed by atoms with Crippen LogP contribution in [0.3, 0.4) is 0 Å². The van der Waals surface area contributed by atoms with Crippen molar-refractivity contribution >= 4 is 35.4 Å². The fourth-order valence-corrected chi connectivity index (χ4v) is 6.24. The number of aliphatic hydroxyl groups is 1. The third kappa shape index (κ3) is 11.6. The number of hydrogen-bond acceptors (Lipinski definition) is 9. The van der Waals surface area contributed by atoms with Gasteiger partial charge >= 0.3 is 5.97 Å². The number of nitrogens with one attached hydrogen (secondary N) is 2. The van der Waals surface area contributed by atoms with E-state index in [1.165, 1.54) is 0 Å². The molecule has 1 saturated heterocycles. The number of likely N-dealkylation sites (N-methyl/N-ethyl adjacent to an activating group) is 1. The number of ketones is 1. The molecule has 0 amide bonds. The Labute approximate surface area is 269 Å². The smallest absolute Gasteiger partial charge is 0.306 e. The van der Waals surface area contributed by atoms with Gasteiger partial charge in [0, 0.05) is 44.3 Å². The summed E-state index contributed by atoms with van der Waals surface area (Å²) in [5.41, 5.74) is 0.863. The Morgan fingerprint density at radius 1 is 1.20 bits per heavy atom. The van der Waals surface area contributed by atoms with E-state index in [2.05, 4.69) is 10.6 Å². The Hall–Kier alpha value is -2.18. The minimum Gasteiger partial charge on any atom is -0.462 e. The molecule has 0 aromatic heterocycles. The number of nitrogens with zero attached hydrogens (tertiary/aromatic N) is 1. The Kier molecular flexibility index (Phi) is 16.2. The molecule has 0 bridgehead atoms. The third-order valence-corrected chi connectivity index (χ3v) is 9.16. The van der Waals surface area contributed by atoms with Crippen LogP contribution in [0.5, 0.6) is 0 Å². The third-order valence-electron chi connectivity index (χ3n) is 8.81. The lowest BCUT2D eigenvalue weighted by Crippen LogP contribution is -2.55. The van der Waals surface area contributed by atoms with E-state index in [0.717, 1.165) is 11.9 Å². The molecule has 0 saturated carbocycles. The second kappa shape index (κ2) is 18.7. The van der Waals surface area contributed by atoms with Crippen LogP contribution < -0.4 is 10.6 Å². The van der Waals surface area contributed by atoms with Gasteiger partial charge in [-0.25, -0.2) is 0 Å². The van der Waals surface area contributed by atoms with E-state index in [1.807, 2.05) is 59.7 Å². The van der Waals surface area contributed by atoms with Gasteiger partial charge in [-0.1, -0.05) is 38.5 Å². The molecule has 10 atom stereocenters. The first-order chi connectivity index (χ1) is 20.8. The van der Waals surface area contributed by atoms with Crippen molar-refractivity contribution in [2.45, 2.75) is 110 Å². The topological polar surface area (TPSA) is 126 Å². The SMILES string of the molecule is CC[C@H]1OC(=O)CC[C@H](C)[C@@H](OC2OC(C)CC(N(C)C)C2O)[C@@H](CC=O)C[C@@H](C)C(=O)/C=C/C(C)=C/[C@@H]1CNC(=S)NC. The number of rotatable bonds is 8. The van der Waals surface area contributed by atoms with Crippen LogP contribution in [0.15, 0.2) is 23.8 Å². The van der Waals surface area contributed by atoms with E-state index in [1.54, 1.807) is 19.2 Å². The highest BCUT2D eigenvalue weighted by atomic mass is 32.1. The Balaban J connectivity index is 2.44. The first kappa shape index (κ1) is 38.0. The van der Waals surface area contributed by atoms with Gasteiger partial charge in [0.2, 0.25) is 0 Å². The Morgan fingerprint density at radius 3 is 2.52 bits per heavy atom. The lowest BCUT2D eigenvalue weighted by atomic mass is 9.80. The molecule has 0 aromatic rings. The normalized spacial score (nSPS) is 36.5. The zero-order valence-corrected chi connectivity index (χ0v) is 28.6. The number of thiocarbonyl (C=S) groups is 1. The van der Waals surface area contributed by atoms with Gasteiger partial charge in [0.05, 0.1) is 12.2 Å². The molecule has 10 nitrogen and oxygen atoms in total. The maximum absolute atomic E-state index is 13.3. The van der Waals surface area contributed by atoms with Crippen LogP contribution in [0.1, 0.15) is 73.1 Å². The van der Waals surface area contributed by atoms with E-state index in [0.29, 0.717) is 37.3 Å². The summed E-state index contributed by atoms with van der Waals surface area (Å²) in [6.45, 7) is 10.1. The molecule has 0 aliphatic carbocycles. The van der Waals surface area contributed by atoms with E-state index < -0.39 is 24.6 Å². The monoisotopic (exact) mass is 637 g/mol. The molecule has 1 fully saturated rings. The summed E-state index contributed by atoms with van der Waals surface area (Å²) in [6, 6.07) is -0.164. The quantitative estimate of drug-likeness (QED) is 0.206. The van der Waals surface area contributed by atoms with Crippen molar-refractivity contribution < 1.29 is 33.7 Å². The van der Waals surface area contributed by atoms with Crippen molar-refractivity contribution in [1.82, 2.24) is 15.5 Å². The van der Waals surface area contributed by atoms with Crippen molar-refractivity contribution in [3.63, 3.8) is 0 Å². The van der Waals surface area contributed by atoms with Crippen molar-refractivity contribution in [1.29, 1.82) is 0 Å². The zero-order valence-electron chi connectivity index (χ0n) is 27.8. The molecule has 44 heavy (non-hydrogen) atoms. The number of carbonyl (C=O) groups is 3. The minimum atomic E-state index is -0.912. The highest BCUT2D eigenvalue weighted by molar-refractivity contribution is 7.80. The molecule has 2 aliphatic rings. The summed E-state index contributed by atoms with van der Waals surface area (Å²) in [4.78, 5) is 40.3. The number of aldehydes is 1. The summed E-state index contributed by atoms with van der Waals surface area (Å²) in [7, 11) is 5.56. The molecule has 0 radical (unpaired) electrons. The predicted octanol–water partition coefficient (Wildman–Crippen LogP) is 3.56. The number of allylic oxidation sites excluding steroid dienone is 3. The summed E-state index contributed by atoms with van der Waals surface area (Å²) >= 11 is 5.26. The van der Waals surface area contributed by atoms with Gasteiger partial charge in [-0.2, -0.15) is 0 Å². The van der Waals surface area contributed by atoms with Crippen LogP contribution in [-0.2, 0) is 28.6 Å². The summed E-state index contributed by atoms with van der Waals surface area (Å²) in [5.74, 6) is -1.44. The van der Waals surface area contributed by atoms with E-state index in [4.69, 9.17) is 26.4 Å². The largest absolute Gasteiger partial charge is 0.462 e. The Bertz CT molecular complexity index is 1020. The lowest BCUT2D eigenvalue weighted by Gasteiger charge is -2.44. The second-order valence-corrected chi connectivity index (χ2v) is 13.1. The standard InChI is InChI=1S/C33H55N3O7S/c1-9-28-25(19-35-33(44)34-6)16-20(2)10-12-27(38)22(4)17-24(14-15-37)31(21(3)11-13-29(39)42-28)43-32-30(40)26(36(7)8)18-23(5)41-32/h10,12,15-16,21-26,28,30-32,40H,9,11,13-14,17-19H2,1-8H3,(H2,34,35,44)/b12-10+,20-16+/t21-,22+,23?,24-,25+,26?,28+,30?,31+,32?/m0/s1. The molecule has 3 N–H and O–H groups in total. The molecule has 11 heteroatoms. The highest BCUT2D eigenvalue weighted by Gasteiger charge is 2.42. The van der Waals surface area contributed by atoms with Crippen molar-refractivity contribution in [3.8, 4) is 0 Å². The van der Waals surface area contributed by atoms with Crippen molar-refractivity contribution in [3.05, 3.63) is 23.8 Å². The average molecular weight is 638 g/mol. The summed E-state index contributed by atoms with van der Waals surface area (Å²) in [6.07, 6.45) is 5.73. The molecule has 0 aromatic carbocycles. The van der Waals surface area contributed by atoms with Gasteiger partial charge in [0.1, 0.15) is 18.5 Å². The molecule has 250 valence electrons. The van der Waals surface area contributed by atoms with E-state index >= 15 is 0 Å². The molecule has 4 unspecified atom stereocenters. The molecular weight excluding hydrogens is 582 g/mol. The number of ether oxygens (including phenoxy) is 3. The van der Waals surface area contributed by atoms with Crippen LogP contribution >= 0.6 is 12.2 Å². The maximum atomic E-state index is 13.3. The van der Waals surface area contributed by atoms with Crippen molar-refractivity contribution in [2.75, 3.05) is 27.7 Å². The van der Waals surface area contributed by atoms with Crippen molar-refractivity contribution in [2.24, 2.45) is 23.7 Å². The van der Waals surface area contributed by atoms with Gasteiger partial charge < -0.3 is 39.6 Å². The van der Waals surface area contributed by atoms with E-state index in [9.17, 15) is 19.5 Å². The number of hydrogen-bond donors (Lipinski definition) is 3. The first-order valence-electron chi connectivity index (χ1n) is 16.0. The highest BCUT2D eigenvalue weighted by Crippen LogP contribution is 2.34. The molecular formula is C33H55N3O7S. The number of cyclic esters (lactones) is 1. The molecule has 2 heterocycles. The zero-order chi connectivity index (χ0) is 33.0. The number of carbonyl (C=O) groups excluding carboxylic acids is 3. The van der Waals surface area contributed by atoms with Crippen LogP contribution in [-0.4, -0.2) is 97.6 Å². The molecule has 2 rings (SSSR count). The fourth-order valence-electron chi connectivity index (χ4n) is 6.16. The van der Waals surface area contributed by atoms with E-state index in [-0.39, 0.29) is 60.4 Å². The summed E-state index contributed by atoms with van der Waals surface area (Å²) in [5, 5.41) is 17.8. The maximum Gasteiger partial charge on any atom is 0.306 e.